The maximum atomic E-state index is 11.4. The third kappa shape index (κ3) is 4.25. The third-order valence-electron chi connectivity index (χ3n) is 1.84. The molecule has 0 aromatic rings. The summed E-state index contributed by atoms with van der Waals surface area (Å²) in [5, 5.41) is 0. The van der Waals surface area contributed by atoms with Crippen LogP contribution in [0.15, 0.2) is 0 Å². The Morgan fingerprint density at radius 2 is 2.07 bits per heavy atom. The largest absolute Gasteiger partial charge is 0.460 e. The van der Waals surface area contributed by atoms with E-state index >= 15 is 0 Å². The number of carbonyl (C=O) groups excluding carboxylic acids is 2. The van der Waals surface area contributed by atoms with Crippen molar-refractivity contribution in [1.82, 2.24) is 0 Å². The highest BCUT2D eigenvalue weighted by atomic mass is 16.6. The molecule has 0 bridgehead atoms. The molecular weight excluding hydrogens is 184 g/mol. The molecule has 1 atom stereocenters. The summed E-state index contributed by atoms with van der Waals surface area (Å²) in [6.45, 7) is 7.09. The van der Waals surface area contributed by atoms with E-state index in [1.165, 1.54) is 13.8 Å². The average Bonchev–Trinajstić information content (AvgIpc) is 2.04. The fraction of sp³-hybridized carbons (Fsp3) is 0.800. The number of hydrogen-bond acceptors (Lipinski definition) is 4. The highest BCUT2D eigenvalue weighted by Gasteiger charge is 2.32. The summed E-state index contributed by atoms with van der Waals surface area (Å²) in [4.78, 5) is 21.5. The maximum Gasteiger partial charge on any atom is 0.350 e. The Bertz CT molecular complexity index is 198. The van der Waals surface area contributed by atoms with E-state index in [-0.39, 0.29) is 12.6 Å². The summed E-state index contributed by atoms with van der Waals surface area (Å²) >= 11 is 0. The zero-order chi connectivity index (χ0) is 11.2. The van der Waals surface area contributed by atoms with Crippen LogP contribution in [0.3, 0.4) is 0 Å². The first-order valence-electron chi connectivity index (χ1n) is 4.76. The molecule has 14 heavy (non-hydrogen) atoms. The lowest BCUT2D eigenvalue weighted by Gasteiger charge is -2.22. The van der Waals surface area contributed by atoms with Crippen LogP contribution in [-0.2, 0) is 19.1 Å². The first-order valence-corrected chi connectivity index (χ1v) is 4.76. The fourth-order valence-electron chi connectivity index (χ4n) is 0.958. The molecule has 0 aliphatic carbocycles. The molecule has 0 aliphatic heterocycles. The SMILES string of the molecule is CCCC(C)OC(=O)C(C)(C)OC=O. The summed E-state index contributed by atoms with van der Waals surface area (Å²) < 4.78 is 9.70. The lowest BCUT2D eigenvalue weighted by molar-refractivity contribution is -0.175. The fourth-order valence-corrected chi connectivity index (χ4v) is 0.958. The number of ether oxygens (including phenoxy) is 2. The molecule has 4 heteroatoms. The van der Waals surface area contributed by atoms with Crippen LogP contribution in [0.25, 0.3) is 0 Å². The second-order valence-electron chi connectivity index (χ2n) is 3.73. The minimum atomic E-state index is -1.19. The van der Waals surface area contributed by atoms with Crippen molar-refractivity contribution < 1.29 is 19.1 Å². The standard InChI is InChI=1S/C10H18O4/c1-5-6-8(2)14-9(12)10(3,4)13-7-11/h7-8H,5-6H2,1-4H3. The predicted octanol–water partition coefficient (Wildman–Crippen LogP) is 1.67. The van der Waals surface area contributed by atoms with Crippen LogP contribution < -0.4 is 0 Å². The molecule has 1 unspecified atom stereocenters. The Hall–Kier alpha value is -1.06. The van der Waals surface area contributed by atoms with Crippen molar-refractivity contribution in [2.75, 3.05) is 0 Å². The quantitative estimate of drug-likeness (QED) is 0.485. The summed E-state index contributed by atoms with van der Waals surface area (Å²) in [7, 11) is 0. The van der Waals surface area contributed by atoms with Crippen LogP contribution in [-0.4, -0.2) is 24.1 Å². The van der Waals surface area contributed by atoms with Crippen molar-refractivity contribution in [3.63, 3.8) is 0 Å². The van der Waals surface area contributed by atoms with E-state index < -0.39 is 11.6 Å². The summed E-state index contributed by atoms with van der Waals surface area (Å²) in [6.07, 6.45) is 1.62. The third-order valence-corrected chi connectivity index (χ3v) is 1.84. The molecular formula is C10H18O4. The van der Waals surface area contributed by atoms with Crippen LogP contribution in [0.1, 0.15) is 40.5 Å². The monoisotopic (exact) mass is 202 g/mol. The molecule has 0 heterocycles. The Balaban J connectivity index is 4.12. The lowest BCUT2D eigenvalue weighted by Crippen LogP contribution is -2.38. The van der Waals surface area contributed by atoms with Crippen LogP contribution in [0.5, 0.6) is 0 Å². The van der Waals surface area contributed by atoms with Gasteiger partial charge in [-0.05, 0) is 27.2 Å². The van der Waals surface area contributed by atoms with Gasteiger partial charge in [0.25, 0.3) is 6.47 Å². The van der Waals surface area contributed by atoms with Crippen LogP contribution in [0.2, 0.25) is 0 Å². The molecule has 0 amide bonds. The molecule has 4 nitrogen and oxygen atoms in total. The van der Waals surface area contributed by atoms with Gasteiger partial charge < -0.3 is 9.47 Å². The molecule has 0 fully saturated rings. The topological polar surface area (TPSA) is 52.6 Å². The van der Waals surface area contributed by atoms with Crippen LogP contribution in [0.4, 0.5) is 0 Å². The highest BCUT2D eigenvalue weighted by molar-refractivity contribution is 5.79. The normalized spacial score (nSPS) is 13.1. The van der Waals surface area contributed by atoms with Gasteiger partial charge in [-0.15, -0.1) is 0 Å². The molecule has 0 radical (unpaired) electrons. The molecule has 0 aromatic carbocycles. The van der Waals surface area contributed by atoms with E-state index in [1.54, 1.807) is 0 Å². The van der Waals surface area contributed by atoms with Gasteiger partial charge in [-0.1, -0.05) is 13.3 Å². The Morgan fingerprint density at radius 3 is 2.50 bits per heavy atom. The molecule has 0 N–H and O–H groups in total. The molecule has 82 valence electrons. The molecule has 0 spiro atoms. The average molecular weight is 202 g/mol. The minimum absolute atomic E-state index is 0.137. The number of carbonyl (C=O) groups is 2. The Kier molecular flexibility index (Phi) is 5.20. The molecule has 0 saturated heterocycles. The van der Waals surface area contributed by atoms with Gasteiger partial charge in [0, 0.05) is 0 Å². The lowest BCUT2D eigenvalue weighted by atomic mass is 10.1. The smallest absolute Gasteiger partial charge is 0.350 e. The zero-order valence-electron chi connectivity index (χ0n) is 9.20. The zero-order valence-corrected chi connectivity index (χ0v) is 9.20. The first-order chi connectivity index (χ1) is 6.44. The van der Waals surface area contributed by atoms with Crippen molar-refractivity contribution in [1.29, 1.82) is 0 Å². The highest BCUT2D eigenvalue weighted by Crippen LogP contribution is 2.13. The molecule has 0 rings (SSSR count). The van der Waals surface area contributed by atoms with Crippen molar-refractivity contribution in [3.8, 4) is 0 Å². The minimum Gasteiger partial charge on any atom is -0.460 e. The van der Waals surface area contributed by atoms with Gasteiger partial charge in [0.05, 0.1) is 6.10 Å². The molecule has 0 saturated carbocycles. The van der Waals surface area contributed by atoms with Crippen LogP contribution >= 0.6 is 0 Å². The summed E-state index contributed by atoms with van der Waals surface area (Å²) in [6, 6.07) is 0. The van der Waals surface area contributed by atoms with E-state index in [0.717, 1.165) is 12.8 Å². The van der Waals surface area contributed by atoms with Crippen LogP contribution in [0, 0.1) is 0 Å². The number of rotatable bonds is 6. The van der Waals surface area contributed by atoms with Gasteiger partial charge in [0.1, 0.15) is 0 Å². The van der Waals surface area contributed by atoms with Gasteiger partial charge in [-0.2, -0.15) is 0 Å². The number of hydrogen-bond donors (Lipinski definition) is 0. The van der Waals surface area contributed by atoms with Crippen molar-refractivity contribution in [3.05, 3.63) is 0 Å². The second kappa shape index (κ2) is 5.62. The van der Waals surface area contributed by atoms with E-state index in [9.17, 15) is 9.59 Å². The van der Waals surface area contributed by atoms with Gasteiger partial charge in [0.15, 0.2) is 0 Å². The van der Waals surface area contributed by atoms with Gasteiger partial charge in [-0.25, -0.2) is 4.79 Å². The van der Waals surface area contributed by atoms with E-state index in [1.807, 2.05) is 13.8 Å². The maximum absolute atomic E-state index is 11.4. The number of esters is 1. The summed E-state index contributed by atoms with van der Waals surface area (Å²) in [5.41, 5.74) is -1.19. The van der Waals surface area contributed by atoms with Gasteiger partial charge in [-0.3, -0.25) is 4.79 Å². The van der Waals surface area contributed by atoms with Crippen molar-refractivity contribution in [2.24, 2.45) is 0 Å². The van der Waals surface area contributed by atoms with Gasteiger partial charge >= 0.3 is 5.97 Å². The van der Waals surface area contributed by atoms with E-state index in [0.29, 0.717) is 0 Å². The van der Waals surface area contributed by atoms with Crippen molar-refractivity contribution in [2.45, 2.75) is 52.2 Å². The van der Waals surface area contributed by atoms with Gasteiger partial charge in [0.2, 0.25) is 5.60 Å². The molecule has 0 aromatic heterocycles. The second-order valence-corrected chi connectivity index (χ2v) is 3.73. The first kappa shape index (κ1) is 12.9. The summed E-state index contributed by atoms with van der Waals surface area (Å²) in [5.74, 6) is -0.509. The Morgan fingerprint density at radius 1 is 1.50 bits per heavy atom. The predicted molar refractivity (Wildman–Crippen MR) is 51.7 cm³/mol. The van der Waals surface area contributed by atoms with Crippen molar-refractivity contribution >= 4 is 12.4 Å². The molecule has 0 aliphatic rings. The Labute approximate surface area is 84.6 Å². The van der Waals surface area contributed by atoms with E-state index in [2.05, 4.69) is 4.74 Å². The van der Waals surface area contributed by atoms with E-state index in [4.69, 9.17) is 4.74 Å².